The molecule has 0 bridgehead atoms. The van der Waals surface area contributed by atoms with E-state index in [1.165, 1.54) is 4.57 Å². The Kier molecular flexibility index (Phi) is 4.96. The van der Waals surface area contributed by atoms with Crippen molar-refractivity contribution in [3.8, 4) is 5.75 Å². The average Bonchev–Trinajstić information content (AvgIpc) is 2.45. The van der Waals surface area contributed by atoms with Crippen LogP contribution in [-0.2, 0) is 6.54 Å². The summed E-state index contributed by atoms with van der Waals surface area (Å²) in [6.45, 7) is 4.24. The van der Waals surface area contributed by atoms with Crippen LogP contribution in [0.5, 0.6) is 5.75 Å². The Labute approximate surface area is 131 Å². The summed E-state index contributed by atoms with van der Waals surface area (Å²) in [5.41, 5.74) is 1.00. The average molecular weight is 350 g/mol. The van der Waals surface area contributed by atoms with Crippen LogP contribution in [0.1, 0.15) is 22.8 Å². The van der Waals surface area contributed by atoms with Gasteiger partial charge in [0.2, 0.25) is 0 Å². The molecular formula is C16H16BrNO3. The Morgan fingerprint density at radius 3 is 2.57 bits per heavy atom. The summed E-state index contributed by atoms with van der Waals surface area (Å²) in [6, 6.07) is 8.67. The molecule has 0 radical (unpaired) electrons. The normalized spacial score (nSPS) is 10.4. The maximum Gasteiger partial charge on any atom is 0.253 e. The zero-order valence-corrected chi connectivity index (χ0v) is 13.5. The van der Waals surface area contributed by atoms with Crippen molar-refractivity contribution < 1.29 is 9.53 Å². The van der Waals surface area contributed by atoms with Crippen molar-refractivity contribution in [3.63, 3.8) is 0 Å². The first kappa shape index (κ1) is 15.5. The van der Waals surface area contributed by atoms with Crippen LogP contribution in [0, 0.1) is 6.92 Å². The fourth-order valence-corrected chi connectivity index (χ4v) is 2.60. The van der Waals surface area contributed by atoms with Gasteiger partial charge in [-0.3, -0.25) is 9.59 Å². The Bertz CT molecular complexity index is 704. The van der Waals surface area contributed by atoms with Gasteiger partial charge in [-0.05, 0) is 60.1 Å². The molecule has 4 nitrogen and oxygen atoms in total. The lowest BCUT2D eigenvalue weighted by molar-refractivity contribution is 0.0970. The first-order valence-corrected chi connectivity index (χ1v) is 7.43. The molecule has 0 aliphatic rings. The van der Waals surface area contributed by atoms with Gasteiger partial charge in [-0.1, -0.05) is 0 Å². The number of aromatic nitrogens is 1. The Morgan fingerprint density at radius 2 is 1.95 bits per heavy atom. The Morgan fingerprint density at radius 1 is 1.29 bits per heavy atom. The molecule has 1 aromatic heterocycles. The zero-order valence-electron chi connectivity index (χ0n) is 11.9. The van der Waals surface area contributed by atoms with Gasteiger partial charge in [-0.15, -0.1) is 0 Å². The van der Waals surface area contributed by atoms with E-state index in [2.05, 4.69) is 15.9 Å². The number of Topliss-reactive ketones (excluding diaryl/α,β-unsaturated/α-hetero) is 1. The smallest absolute Gasteiger partial charge is 0.253 e. The summed E-state index contributed by atoms with van der Waals surface area (Å²) in [6.07, 6.45) is 1.63. The lowest BCUT2D eigenvalue weighted by atomic mass is 10.1. The first-order chi connectivity index (χ1) is 10.0. The third kappa shape index (κ3) is 3.82. The zero-order chi connectivity index (χ0) is 15.4. The quantitative estimate of drug-likeness (QED) is 0.778. The van der Waals surface area contributed by atoms with Crippen LogP contribution >= 0.6 is 15.9 Å². The van der Waals surface area contributed by atoms with Gasteiger partial charge >= 0.3 is 0 Å². The molecule has 1 aromatic carbocycles. The molecule has 0 unspecified atom stereocenters. The molecule has 2 aromatic rings. The van der Waals surface area contributed by atoms with Crippen molar-refractivity contribution in [2.24, 2.45) is 0 Å². The third-order valence-corrected chi connectivity index (χ3v) is 3.47. The predicted molar refractivity (Wildman–Crippen MR) is 85.1 cm³/mol. The molecule has 21 heavy (non-hydrogen) atoms. The van der Waals surface area contributed by atoms with E-state index in [0.29, 0.717) is 17.7 Å². The number of pyridine rings is 1. The highest BCUT2D eigenvalue weighted by molar-refractivity contribution is 9.10. The molecule has 5 heteroatoms. The van der Waals surface area contributed by atoms with Crippen LogP contribution in [0.3, 0.4) is 0 Å². The summed E-state index contributed by atoms with van der Waals surface area (Å²) >= 11 is 3.33. The standard InChI is InChI=1S/C16H16BrNO3/c1-3-21-14-6-4-12(5-7-14)15(19)10-18-9-13(17)8-11(2)16(18)20/h4-9H,3,10H2,1-2H3. The summed E-state index contributed by atoms with van der Waals surface area (Å²) in [5, 5.41) is 0. The van der Waals surface area contributed by atoms with E-state index >= 15 is 0 Å². The monoisotopic (exact) mass is 349 g/mol. The lowest BCUT2D eigenvalue weighted by Gasteiger charge is -2.08. The maximum atomic E-state index is 12.2. The topological polar surface area (TPSA) is 48.3 Å². The van der Waals surface area contributed by atoms with Gasteiger partial charge in [0.15, 0.2) is 5.78 Å². The van der Waals surface area contributed by atoms with Gasteiger partial charge in [0.25, 0.3) is 5.56 Å². The minimum Gasteiger partial charge on any atom is -0.494 e. The van der Waals surface area contributed by atoms with Crippen molar-refractivity contribution in [2.75, 3.05) is 6.61 Å². The SMILES string of the molecule is CCOc1ccc(C(=O)Cn2cc(Br)cc(C)c2=O)cc1. The molecule has 0 aliphatic heterocycles. The lowest BCUT2D eigenvalue weighted by Crippen LogP contribution is -2.25. The predicted octanol–water partition coefficient (Wildman–Crippen LogP) is 3.20. The summed E-state index contributed by atoms with van der Waals surface area (Å²) < 4.78 is 7.53. The second-order valence-corrected chi connectivity index (χ2v) is 5.57. The van der Waals surface area contributed by atoms with Crippen LogP contribution in [0.4, 0.5) is 0 Å². The number of hydrogen-bond acceptors (Lipinski definition) is 3. The molecular weight excluding hydrogens is 334 g/mol. The van der Waals surface area contributed by atoms with Crippen LogP contribution < -0.4 is 10.3 Å². The fourth-order valence-electron chi connectivity index (χ4n) is 2.01. The number of halogens is 1. The number of carbonyl (C=O) groups is 1. The van der Waals surface area contributed by atoms with Gasteiger partial charge < -0.3 is 9.30 Å². The number of nitrogens with zero attached hydrogens (tertiary/aromatic N) is 1. The number of rotatable bonds is 5. The number of hydrogen-bond donors (Lipinski definition) is 0. The van der Waals surface area contributed by atoms with E-state index in [9.17, 15) is 9.59 Å². The molecule has 0 spiro atoms. The number of carbonyl (C=O) groups excluding carboxylic acids is 1. The molecule has 1 heterocycles. The first-order valence-electron chi connectivity index (χ1n) is 6.64. The molecule has 0 saturated heterocycles. The molecule has 0 aliphatic carbocycles. The molecule has 0 saturated carbocycles. The largest absolute Gasteiger partial charge is 0.494 e. The van der Waals surface area contributed by atoms with E-state index < -0.39 is 0 Å². The summed E-state index contributed by atoms with van der Waals surface area (Å²) in [5.74, 6) is 0.613. The maximum absolute atomic E-state index is 12.2. The summed E-state index contributed by atoms with van der Waals surface area (Å²) in [4.78, 5) is 24.2. The second-order valence-electron chi connectivity index (χ2n) is 4.65. The molecule has 0 atom stereocenters. The minimum absolute atomic E-state index is 0.0209. The number of ether oxygens (including phenoxy) is 1. The van der Waals surface area contributed by atoms with Crippen molar-refractivity contribution in [1.82, 2.24) is 4.57 Å². The number of benzene rings is 1. The van der Waals surface area contributed by atoms with E-state index in [0.717, 1.165) is 10.2 Å². The highest BCUT2D eigenvalue weighted by Crippen LogP contribution is 2.13. The Hall–Kier alpha value is -1.88. The summed E-state index contributed by atoms with van der Waals surface area (Å²) in [7, 11) is 0. The van der Waals surface area contributed by atoms with E-state index in [1.54, 1.807) is 43.5 Å². The van der Waals surface area contributed by atoms with Crippen molar-refractivity contribution >= 4 is 21.7 Å². The Balaban J connectivity index is 2.20. The minimum atomic E-state index is -0.155. The molecule has 0 amide bonds. The van der Waals surface area contributed by atoms with Crippen LogP contribution in [0.25, 0.3) is 0 Å². The van der Waals surface area contributed by atoms with Gasteiger partial charge in [-0.25, -0.2) is 0 Å². The van der Waals surface area contributed by atoms with E-state index in [-0.39, 0.29) is 17.9 Å². The van der Waals surface area contributed by atoms with Crippen LogP contribution in [0.15, 0.2) is 45.8 Å². The highest BCUT2D eigenvalue weighted by Gasteiger charge is 2.10. The second kappa shape index (κ2) is 6.72. The van der Waals surface area contributed by atoms with E-state index in [4.69, 9.17) is 4.74 Å². The molecule has 0 N–H and O–H groups in total. The third-order valence-electron chi connectivity index (χ3n) is 3.03. The van der Waals surface area contributed by atoms with Crippen molar-refractivity contribution in [3.05, 3.63) is 62.5 Å². The molecule has 110 valence electrons. The number of ketones is 1. The highest BCUT2D eigenvalue weighted by atomic mass is 79.9. The number of aryl methyl sites for hydroxylation is 1. The van der Waals surface area contributed by atoms with E-state index in [1.807, 2.05) is 6.92 Å². The van der Waals surface area contributed by atoms with Crippen LogP contribution in [0.2, 0.25) is 0 Å². The van der Waals surface area contributed by atoms with Crippen molar-refractivity contribution in [1.29, 1.82) is 0 Å². The van der Waals surface area contributed by atoms with Gasteiger partial charge in [0.1, 0.15) is 5.75 Å². The van der Waals surface area contributed by atoms with Crippen molar-refractivity contribution in [2.45, 2.75) is 20.4 Å². The van der Waals surface area contributed by atoms with Gasteiger partial charge in [-0.2, -0.15) is 0 Å². The molecule has 2 rings (SSSR count). The van der Waals surface area contributed by atoms with Crippen LogP contribution in [-0.4, -0.2) is 17.0 Å². The van der Waals surface area contributed by atoms with Gasteiger partial charge in [0, 0.05) is 21.8 Å². The fraction of sp³-hybridized carbons (Fsp3) is 0.250. The molecule has 0 fully saturated rings. The van der Waals surface area contributed by atoms with Gasteiger partial charge in [0.05, 0.1) is 13.2 Å².